The normalized spacial score (nSPS) is 15.8. The molecule has 1 saturated heterocycles. The smallest absolute Gasteiger partial charge is 0.323 e. The number of halogens is 1. The summed E-state index contributed by atoms with van der Waals surface area (Å²) >= 11 is 6.54. The van der Waals surface area contributed by atoms with E-state index in [1.165, 1.54) is 7.11 Å². The molecule has 0 bridgehead atoms. The number of nitrogens with one attached hydrogen (secondary N) is 1. The number of likely N-dealkylation sites (tertiary alicyclic amines) is 1. The van der Waals surface area contributed by atoms with E-state index in [1.807, 2.05) is 24.3 Å². The van der Waals surface area contributed by atoms with Crippen molar-refractivity contribution in [2.75, 3.05) is 40.0 Å². The lowest BCUT2D eigenvalue weighted by Crippen LogP contribution is -2.39. The van der Waals surface area contributed by atoms with E-state index in [2.05, 4.69) is 36.2 Å². The molecule has 4 N–H and O–H groups in total. The van der Waals surface area contributed by atoms with Gasteiger partial charge in [0.25, 0.3) is 0 Å². The van der Waals surface area contributed by atoms with Crippen molar-refractivity contribution >= 4 is 17.6 Å². The Hall–Kier alpha value is -3.34. The number of hydrogen-bond donors (Lipinski definition) is 4. The highest BCUT2D eigenvalue weighted by atomic mass is 35.5. The first-order valence-electron chi connectivity index (χ1n) is 14.5. The Labute approximate surface area is 258 Å². The van der Waals surface area contributed by atoms with Crippen LogP contribution in [0.3, 0.4) is 0 Å². The number of aliphatic hydroxyl groups excluding tert-OH is 2. The zero-order chi connectivity index (χ0) is 30.9. The van der Waals surface area contributed by atoms with E-state index in [-0.39, 0.29) is 19.3 Å². The number of nitrogens with zero attached hydrogens (tertiary/aromatic N) is 1. The van der Waals surface area contributed by atoms with Gasteiger partial charge in [-0.2, -0.15) is 0 Å². The number of carboxylic acid groups (broad SMARTS) is 1. The van der Waals surface area contributed by atoms with Crippen LogP contribution in [-0.4, -0.2) is 78.3 Å². The molecule has 1 aliphatic rings. The first kappa shape index (κ1) is 32.6. The molecular formula is C33H41ClN2O7. The molecule has 10 heteroatoms. The quantitative estimate of drug-likeness (QED) is 0.183. The second kappa shape index (κ2) is 15.4. The van der Waals surface area contributed by atoms with Gasteiger partial charge in [0.2, 0.25) is 0 Å². The third kappa shape index (κ3) is 8.40. The molecule has 0 unspecified atom stereocenters. The van der Waals surface area contributed by atoms with Crippen LogP contribution in [0, 0.1) is 13.8 Å². The van der Waals surface area contributed by atoms with Gasteiger partial charge in [-0.3, -0.25) is 10.1 Å². The van der Waals surface area contributed by atoms with E-state index < -0.39 is 18.6 Å². The zero-order valence-electron chi connectivity index (χ0n) is 24.9. The van der Waals surface area contributed by atoms with Crippen molar-refractivity contribution in [2.24, 2.45) is 0 Å². The standard InChI is InChI=1S/C33H41ClN2O7/c1-21-23(20-43-32-16-31(41-3)24(15-28(32)34)17-35-29(19-37)33(39)40)7-4-8-26(21)27-9-5-10-30(22(27)2)42-14-6-12-36-13-11-25(38)18-36/h4-5,7-10,15-16,25,29,35,37-38H,6,11-14,17-20H2,1-3H3,(H,39,40)/t25-,29+/m1/s1. The second-order valence-electron chi connectivity index (χ2n) is 10.8. The number of aliphatic carboxylic acids is 1. The molecule has 0 saturated carbocycles. The highest BCUT2D eigenvalue weighted by Gasteiger charge is 2.20. The third-order valence-electron chi connectivity index (χ3n) is 7.88. The van der Waals surface area contributed by atoms with E-state index in [1.54, 1.807) is 12.1 Å². The van der Waals surface area contributed by atoms with Crippen molar-refractivity contribution in [1.29, 1.82) is 0 Å². The summed E-state index contributed by atoms with van der Waals surface area (Å²) in [5.74, 6) is 0.653. The average Bonchev–Trinajstić information content (AvgIpc) is 3.41. The number of hydrogen-bond acceptors (Lipinski definition) is 8. The van der Waals surface area contributed by atoms with Crippen molar-refractivity contribution in [1.82, 2.24) is 10.2 Å². The number of benzene rings is 3. The van der Waals surface area contributed by atoms with Gasteiger partial charge in [0.15, 0.2) is 0 Å². The van der Waals surface area contributed by atoms with Crippen LogP contribution >= 0.6 is 11.6 Å². The van der Waals surface area contributed by atoms with Crippen molar-refractivity contribution in [2.45, 2.75) is 52.0 Å². The SMILES string of the molecule is COc1cc(OCc2cccc(-c3cccc(OCCCN4CC[C@@H](O)C4)c3C)c2C)c(Cl)cc1CN[C@@H](CO)C(=O)O. The lowest BCUT2D eigenvalue weighted by atomic mass is 9.93. The Morgan fingerprint density at radius 3 is 2.47 bits per heavy atom. The minimum Gasteiger partial charge on any atom is -0.496 e. The Morgan fingerprint density at radius 2 is 1.79 bits per heavy atom. The molecule has 0 radical (unpaired) electrons. The van der Waals surface area contributed by atoms with Gasteiger partial charge in [0, 0.05) is 37.8 Å². The lowest BCUT2D eigenvalue weighted by Gasteiger charge is -2.18. The molecule has 0 spiro atoms. The summed E-state index contributed by atoms with van der Waals surface area (Å²) in [7, 11) is 1.52. The van der Waals surface area contributed by atoms with E-state index in [4.69, 9.17) is 30.9 Å². The van der Waals surface area contributed by atoms with E-state index in [0.29, 0.717) is 28.7 Å². The second-order valence-corrected chi connectivity index (χ2v) is 11.2. The number of ether oxygens (including phenoxy) is 3. The molecule has 43 heavy (non-hydrogen) atoms. The number of carboxylic acids is 1. The van der Waals surface area contributed by atoms with Crippen LogP contribution in [0.15, 0.2) is 48.5 Å². The minimum absolute atomic E-state index is 0.145. The predicted octanol–water partition coefficient (Wildman–Crippen LogP) is 4.58. The van der Waals surface area contributed by atoms with Crippen molar-refractivity contribution < 1.29 is 34.3 Å². The van der Waals surface area contributed by atoms with Crippen LogP contribution in [0.25, 0.3) is 11.1 Å². The third-order valence-corrected chi connectivity index (χ3v) is 8.18. The Morgan fingerprint density at radius 1 is 1.05 bits per heavy atom. The largest absolute Gasteiger partial charge is 0.496 e. The van der Waals surface area contributed by atoms with Gasteiger partial charge in [-0.1, -0.05) is 41.9 Å². The number of β-amino-alcohol motifs (C(OH)–C–C–N with tert-alkyl or cyclic N) is 1. The fourth-order valence-electron chi connectivity index (χ4n) is 5.31. The van der Waals surface area contributed by atoms with Crippen LogP contribution in [0.1, 0.15) is 35.1 Å². The van der Waals surface area contributed by atoms with E-state index in [9.17, 15) is 15.0 Å². The minimum atomic E-state index is -1.14. The maximum Gasteiger partial charge on any atom is 0.323 e. The topological polar surface area (TPSA) is 121 Å². The summed E-state index contributed by atoms with van der Waals surface area (Å²) in [6.45, 7) is 7.26. The fourth-order valence-corrected chi connectivity index (χ4v) is 5.55. The fraction of sp³-hybridized carbons (Fsp3) is 0.424. The maximum atomic E-state index is 11.2. The van der Waals surface area contributed by atoms with Gasteiger partial charge >= 0.3 is 5.97 Å². The van der Waals surface area contributed by atoms with Crippen LogP contribution < -0.4 is 19.5 Å². The van der Waals surface area contributed by atoms with Crippen molar-refractivity contribution in [3.05, 3.63) is 75.8 Å². The Bertz CT molecular complexity index is 1400. The highest BCUT2D eigenvalue weighted by Crippen LogP contribution is 2.36. The molecule has 232 valence electrons. The zero-order valence-corrected chi connectivity index (χ0v) is 25.7. The number of methoxy groups -OCH3 is 1. The molecule has 1 fully saturated rings. The van der Waals surface area contributed by atoms with Gasteiger partial charge in [-0.05, 0) is 66.6 Å². The molecule has 3 aromatic rings. The summed E-state index contributed by atoms with van der Waals surface area (Å²) in [6.07, 6.45) is 1.54. The van der Waals surface area contributed by atoms with Crippen LogP contribution in [0.2, 0.25) is 5.02 Å². The van der Waals surface area contributed by atoms with E-state index >= 15 is 0 Å². The number of aliphatic hydroxyl groups is 2. The summed E-state index contributed by atoms with van der Waals surface area (Å²) in [4.78, 5) is 13.5. The molecule has 1 heterocycles. The summed E-state index contributed by atoms with van der Waals surface area (Å²) in [6, 6.07) is 14.5. The molecular weight excluding hydrogens is 572 g/mol. The number of rotatable bonds is 15. The molecule has 4 rings (SSSR count). The van der Waals surface area contributed by atoms with Crippen LogP contribution in [0.4, 0.5) is 0 Å². The Balaban J connectivity index is 1.42. The summed E-state index contributed by atoms with van der Waals surface area (Å²) in [5.41, 5.74) is 6.00. The molecule has 9 nitrogen and oxygen atoms in total. The predicted molar refractivity (Wildman–Crippen MR) is 166 cm³/mol. The monoisotopic (exact) mass is 612 g/mol. The first-order valence-corrected chi connectivity index (χ1v) is 14.9. The summed E-state index contributed by atoms with van der Waals surface area (Å²) in [5, 5.41) is 31.3. The van der Waals surface area contributed by atoms with Crippen LogP contribution in [0.5, 0.6) is 17.2 Å². The molecule has 0 aromatic heterocycles. The number of carbonyl (C=O) groups is 1. The molecule has 1 aliphatic heterocycles. The lowest BCUT2D eigenvalue weighted by molar-refractivity contribution is -0.140. The van der Waals surface area contributed by atoms with Crippen molar-refractivity contribution in [3.8, 4) is 28.4 Å². The molecule has 2 atom stereocenters. The molecule has 0 amide bonds. The van der Waals surface area contributed by atoms with Crippen LogP contribution in [-0.2, 0) is 17.9 Å². The summed E-state index contributed by atoms with van der Waals surface area (Å²) < 4.78 is 17.8. The highest BCUT2D eigenvalue weighted by molar-refractivity contribution is 6.32. The Kier molecular flexibility index (Phi) is 11.7. The average molecular weight is 613 g/mol. The van der Waals surface area contributed by atoms with Gasteiger partial charge in [-0.15, -0.1) is 0 Å². The van der Waals surface area contributed by atoms with Gasteiger partial charge in [-0.25, -0.2) is 0 Å². The molecule has 3 aromatic carbocycles. The molecule has 0 aliphatic carbocycles. The maximum absolute atomic E-state index is 11.2. The van der Waals surface area contributed by atoms with Crippen molar-refractivity contribution in [3.63, 3.8) is 0 Å². The van der Waals surface area contributed by atoms with E-state index in [0.717, 1.165) is 66.0 Å². The first-order chi connectivity index (χ1) is 20.7. The van der Waals surface area contributed by atoms with Gasteiger partial charge in [0.05, 0.1) is 31.5 Å². The van der Waals surface area contributed by atoms with Gasteiger partial charge < -0.3 is 34.4 Å². The van der Waals surface area contributed by atoms with Gasteiger partial charge in [0.1, 0.15) is 29.9 Å².